The van der Waals surface area contributed by atoms with E-state index in [4.69, 9.17) is 19.3 Å². The third-order valence-electron chi connectivity index (χ3n) is 6.14. The zero-order valence-corrected chi connectivity index (χ0v) is 20.2. The number of anilines is 1. The Morgan fingerprint density at radius 3 is 2.61 bits per heavy atom. The van der Waals surface area contributed by atoms with Gasteiger partial charge in [0.05, 0.1) is 26.9 Å². The molecule has 1 aliphatic heterocycles. The Balaban J connectivity index is 1.38. The molecule has 0 saturated carbocycles. The SMILES string of the molecule is COc1cccc2c(C(=O)Nc3ncccc3OCc3ccccc3)nn(CCN3CCOCC3)c12. The molecule has 0 aliphatic carbocycles. The van der Waals surface area contributed by atoms with E-state index in [1.165, 1.54) is 0 Å². The summed E-state index contributed by atoms with van der Waals surface area (Å²) in [5.74, 6) is 1.15. The van der Waals surface area contributed by atoms with Gasteiger partial charge in [-0.3, -0.25) is 14.4 Å². The highest BCUT2D eigenvalue weighted by molar-refractivity contribution is 6.12. The van der Waals surface area contributed by atoms with Crippen LogP contribution >= 0.6 is 0 Å². The average Bonchev–Trinajstić information content (AvgIpc) is 3.32. The molecule has 0 bridgehead atoms. The molecule has 0 radical (unpaired) electrons. The van der Waals surface area contributed by atoms with E-state index in [0.717, 1.165) is 49.3 Å². The Hall–Kier alpha value is -3.95. The molecule has 9 heteroatoms. The lowest BCUT2D eigenvalue weighted by Gasteiger charge is -2.26. The molecule has 4 aromatic rings. The maximum absolute atomic E-state index is 13.4. The van der Waals surface area contributed by atoms with E-state index in [-0.39, 0.29) is 5.91 Å². The lowest BCUT2D eigenvalue weighted by atomic mass is 10.2. The number of amides is 1. The Labute approximate surface area is 209 Å². The van der Waals surface area contributed by atoms with Gasteiger partial charge in [-0.15, -0.1) is 0 Å². The van der Waals surface area contributed by atoms with Crippen LogP contribution in [0, 0.1) is 0 Å². The van der Waals surface area contributed by atoms with E-state index in [1.54, 1.807) is 25.4 Å². The number of pyridine rings is 1. The third kappa shape index (κ3) is 5.32. The largest absolute Gasteiger partial charge is 0.494 e. The van der Waals surface area contributed by atoms with Crippen molar-refractivity contribution in [1.29, 1.82) is 0 Å². The van der Waals surface area contributed by atoms with Gasteiger partial charge in [0.25, 0.3) is 5.91 Å². The van der Waals surface area contributed by atoms with Crippen LogP contribution < -0.4 is 14.8 Å². The zero-order valence-electron chi connectivity index (χ0n) is 20.2. The van der Waals surface area contributed by atoms with Gasteiger partial charge in [0.15, 0.2) is 17.3 Å². The van der Waals surface area contributed by atoms with Gasteiger partial charge < -0.3 is 19.5 Å². The van der Waals surface area contributed by atoms with E-state index in [2.05, 4.69) is 15.2 Å². The monoisotopic (exact) mass is 487 g/mol. The standard InChI is InChI=1S/C27H29N5O4/c1-34-22-10-5-9-21-24(30-32(25(21)22)14-13-31-15-17-35-18-16-31)27(33)29-26-23(11-6-12-28-26)36-19-20-7-3-2-4-8-20/h2-12H,13-19H2,1H3,(H,28,29,33). The van der Waals surface area contributed by atoms with Crippen LogP contribution in [0.3, 0.4) is 0 Å². The first-order valence-corrected chi connectivity index (χ1v) is 12.0. The molecule has 1 saturated heterocycles. The average molecular weight is 488 g/mol. The summed E-state index contributed by atoms with van der Waals surface area (Å²) in [5.41, 5.74) is 2.13. The number of carbonyl (C=O) groups is 1. The van der Waals surface area contributed by atoms with Gasteiger partial charge in [-0.05, 0) is 23.8 Å². The second-order valence-corrected chi connectivity index (χ2v) is 8.46. The van der Waals surface area contributed by atoms with E-state index >= 15 is 0 Å². The maximum Gasteiger partial charge on any atom is 0.278 e. The van der Waals surface area contributed by atoms with Crippen LogP contribution in [0.15, 0.2) is 66.9 Å². The number of carbonyl (C=O) groups excluding carboxylic acids is 1. The molecule has 2 aromatic heterocycles. The Kier molecular flexibility index (Phi) is 7.39. The van der Waals surface area contributed by atoms with Gasteiger partial charge in [0.1, 0.15) is 17.9 Å². The molecule has 36 heavy (non-hydrogen) atoms. The maximum atomic E-state index is 13.4. The summed E-state index contributed by atoms with van der Waals surface area (Å²) in [6.45, 7) is 5.03. The molecule has 2 aromatic carbocycles. The number of methoxy groups -OCH3 is 1. The molecular weight excluding hydrogens is 458 g/mol. The number of ether oxygens (including phenoxy) is 3. The zero-order chi connectivity index (χ0) is 24.7. The second-order valence-electron chi connectivity index (χ2n) is 8.46. The van der Waals surface area contributed by atoms with Crippen LogP contribution in [0.25, 0.3) is 10.9 Å². The summed E-state index contributed by atoms with van der Waals surface area (Å²) in [7, 11) is 1.62. The van der Waals surface area contributed by atoms with Gasteiger partial charge in [0, 0.05) is 31.2 Å². The molecule has 1 fully saturated rings. The fraction of sp³-hybridized carbons (Fsp3) is 0.296. The summed E-state index contributed by atoms with van der Waals surface area (Å²) in [5, 5.41) is 8.31. The molecule has 0 spiro atoms. The van der Waals surface area contributed by atoms with E-state index < -0.39 is 0 Å². The lowest BCUT2D eigenvalue weighted by Crippen LogP contribution is -2.38. The number of fused-ring (bicyclic) bond motifs is 1. The summed E-state index contributed by atoms with van der Waals surface area (Å²) in [6, 6.07) is 19.0. The van der Waals surface area contributed by atoms with Gasteiger partial charge in [0.2, 0.25) is 0 Å². The minimum Gasteiger partial charge on any atom is -0.494 e. The minimum atomic E-state index is -0.360. The van der Waals surface area contributed by atoms with Gasteiger partial charge >= 0.3 is 0 Å². The smallest absolute Gasteiger partial charge is 0.278 e. The number of benzene rings is 2. The Morgan fingerprint density at radius 1 is 1.00 bits per heavy atom. The number of nitrogens with zero attached hydrogens (tertiary/aromatic N) is 4. The molecule has 186 valence electrons. The molecule has 9 nitrogen and oxygen atoms in total. The summed E-state index contributed by atoms with van der Waals surface area (Å²) in [4.78, 5) is 20.1. The molecular formula is C27H29N5O4. The first-order chi connectivity index (χ1) is 17.7. The van der Waals surface area contributed by atoms with Crippen molar-refractivity contribution in [2.24, 2.45) is 0 Å². The third-order valence-corrected chi connectivity index (χ3v) is 6.14. The highest BCUT2D eigenvalue weighted by Crippen LogP contribution is 2.29. The molecule has 5 rings (SSSR count). The fourth-order valence-corrected chi connectivity index (χ4v) is 4.26. The van der Waals surface area contributed by atoms with Crippen LogP contribution in [0.1, 0.15) is 16.1 Å². The quantitative estimate of drug-likeness (QED) is 0.386. The normalized spacial score (nSPS) is 14.0. The van der Waals surface area contributed by atoms with E-state index in [1.807, 2.05) is 53.2 Å². The van der Waals surface area contributed by atoms with Crippen LogP contribution in [0.2, 0.25) is 0 Å². The Bertz CT molecular complexity index is 1320. The lowest BCUT2D eigenvalue weighted by molar-refractivity contribution is 0.0361. The number of hydrogen-bond acceptors (Lipinski definition) is 7. The summed E-state index contributed by atoms with van der Waals surface area (Å²) < 4.78 is 18.9. The number of para-hydroxylation sites is 1. The van der Waals surface area contributed by atoms with Crippen molar-refractivity contribution < 1.29 is 19.0 Å². The van der Waals surface area contributed by atoms with Crippen LogP contribution in [0.5, 0.6) is 11.5 Å². The molecule has 0 atom stereocenters. The molecule has 1 amide bonds. The predicted molar refractivity (Wildman–Crippen MR) is 137 cm³/mol. The van der Waals surface area contributed by atoms with Crippen molar-refractivity contribution in [2.45, 2.75) is 13.2 Å². The second kappa shape index (κ2) is 11.2. The Morgan fingerprint density at radius 2 is 1.81 bits per heavy atom. The van der Waals surface area contributed by atoms with Crippen LogP contribution in [-0.4, -0.2) is 65.5 Å². The topological polar surface area (TPSA) is 90.7 Å². The number of hydrogen-bond donors (Lipinski definition) is 1. The van der Waals surface area contributed by atoms with Crippen molar-refractivity contribution in [3.63, 3.8) is 0 Å². The summed E-state index contributed by atoms with van der Waals surface area (Å²) in [6.07, 6.45) is 1.62. The first-order valence-electron chi connectivity index (χ1n) is 12.0. The number of morpholine rings is 1. The van der Waals surface area contributed by atoms with Crippen LogP contribution in [-0.2, 0) is 17.9 Å². The number of rotatable bonds is 9. The highest BCUT2D eigenvalue weighted by atomic mass is 16.5. The van der Waals surface area contributed by atoms with Crippen molar-refractivity contribution in [2.75, 3.05) is 45.3 Å². The highest BCUT2D eigenvalue weighted by Gasteiger charge is 2.22. The molecule has 1 N–H and O–H groups in total. The van der Waals surface area contributed by atoms with Crippen molar-refractivity contribution in [1.82, 2.24) is 19.7 Å². The minimum absolute atomic E-state index is 0.311. The van der Waals surface area contributed by atoms with E-state index in [9.17, 15) is 4.79 Å². The van der Waals surface area contributed by atoms with Crippen molar-refractivity contribution in [3.8, 4) is 11.5 Å². The van der Waals surface area contributed by atoms with E-state index in [0.29, 0.717) is 36.2 Å². The first kappa shape index (κ1) is 23.8. The fourth-order valence-electron chi connectivity index (χ4n) is 4.26. The summed E-state index contributed by atoms with van der Waals surface area (Å²) >= 11 is 0. The van der Waals surface area contributed by atoms with Gasteiger partial charge in [-0.2, -0.15) is 5.10 Å². The molecule has 1 aliphatic rings. The molecule has 3 heterocycles. The van der Waals surface area contributed by atoms with Gasteiger partial charge in [-0.25, -0.2) is 4.98 Å². The number of nitrogens with one attached hydrogen (secondary N) is 1. The van der Waals surface area contributed by atoms with Crippen molar-refractivity contribution in [3.05, 3.63) is 78.1 Å². The van der Waals surface area contributed by atoms with Crippen LogP contribution in [0.4, 0.5) is 5.82 Å². The van der Waals surface area contributed by atoms with Crippen molar-refractivity contribution >= 4 is 22.6 Å². The predicted octanol–water partition coefficient (Wildman–Crippen LogP) is 3.60. The van der Waals surface area contributed by atoms with Gasteiger partial charge in [-0.1, -0.05) is 42.5 Å². The molecule has 0 unspecified atom stereocenters. The number of aromatic nitrogens is 3.